The minimum absolute atomic E-state index is 0.590. The van der Waals surface area contributed by atoms with Crippen molar-refractivity contribution in [1.82, 2.24) is 0 Å². The van der Waals surface area contributed by atoms with E-state index in [-0.39, 0.29) is 0 Å². The van der Waals surface area contributed by atoms with Crippen molar-refractivity contribution in [2.75, 3.05) is 0 Å². The Kier molecular flexibility index (Phi) is 2.83. The molecule has 0 bridgehead atoms. The van der Waals surface area contributed by atoms with E-state index >= 15 is 0 Å². The van der Waals surface area contributed by atoms with Crippen molar-refractivity contribution < 1.29 is 10.2 Å². The van der Waals surface area contributed by atoms with Crippen LogP contribution in [0.1, 0.15) is 33.6 Å². The van der Waals surface area contributed by atoms with Gasteiger partial charge in [0.15, 0.2) is 0 Å². The summed E-state index contributed by atoms with van der Waals surface area (Å²) in [6.45, 7) is 5.53. The second kappa shape index (κ2) is 2.86. The Labute approximate surface area is 61.9 Å². The lowest BCUT2D eigenvalue weighted by molar-refractivity contribution is -0.236. The summed E-state index contributed by atoms with van der Waals surface area (Å²) in [6, 6.07) is 0. The molecule has 0 radical (unpaired) electrons. The molecule has 0 amide bonds. The Morgan fingerprint density at radius 3 is 1.50 bits per heavy atom. The molecule has 0 aliphatic heterocycles. The first-order chi connectivity index (χ1) is 4.37. The van der Waals surface area contributed by atoms with E-state index in [2.05, 4.69) is 0 Å². The zero-order valence-corrected chi connectivity index (χ0v) is 6.89. The summed E-state index contributed by atoms with van der Waals surface area (Å²) in [4.78, 5) is 0. The molecule has 0 unspecified atom stereocenters. The minimum atomic E-state index is -2.05. The van der Waals surface area contributed by atoms with Gasteiger partial charge in [-0.3, -0.25) is 5.73 Å². The van der Waals surface area contributed by atoms with Gasteiger partial charge in [-0.2, -0.15) is 0 Å². The predicted octanol–water partition coefficient (Wildman–Crippen LogP) is 0.410. The summed E-state index contributed by atoms with van der Waals surface area (Å²) in [5, 5.41) is 18.1. The SMILES string of the molecule is CCC(C)(CC)C(N)(O)O. The van der Waals surface area contributed by atoms with E-state index in [0.29, 0.717) is 12.8 Å². The first-order valence-electron chi connectivity index (χ1n) is 3.61. The van der Waals surface area contributed by atoms with Gasteiger partial charge < -0.3 is 10.2 Å². The molecule has 0 aromatic carbocycles. The molecule has 0 heterocycles. The Morgan fingerprint density at radius 2 is 1.50 bits per heavy atom. The van der Waals surface area contributed by atoms with Crippen LogP contribution in [0.3, 0.4) is 0 Å². The van der Waals surface area contributed by atoms with Gasteiger partial charge in [0.05, 0.1) is 0 Å². The van der Waals surface area contributed by atoms with Gasteiger partial charge in [-0.25, -0.2) is 0 Å². The predicted molar refractivity (Wildman–Crippen MR) is 40.0 cm³/mol. The number of nitrogens with two attached hydrogens (primary N) is 1. The molecule has 0 saturated carbocycles. The molecule has 10 heavy (non-hydrogen) atoms. The van der Waals surface area contributed by atoms with Gasteiger partial charge in [0.2, 0.25) is 5.91 Å². The van der Waals surface area contributed by atoms with Crippen LogP contribution in [0.2, 0.25) is 0 Å². The molecule has 0 saturated heterocycles. The van der Waals surface area contributed by atoms with E-state index < -0.39 is 11.3 Å². The lowest BCUT2D eigenvalue weighted by atomic mass is 9.81. The highest BCUT2D eigenvalue weighted by molar-refractivity contribution is 4.80. The van der Waals surface area contributed by atoms with Crippen LogP contribution in [-0.2, 0) is 0 Å². The highest BCUT2D eigenvalue weighted by Gasteiger charge is 2.39. The van der Waals surface area contributed by atoms with Crippen LogP contribution in [0, 0.1) is 5.41 Å². The maximum Gasteiger partial charge on any atom is 0.225 e. The van der Waals surface area contributed by atoms with Crippen LogP contribution >= 0.6 is 0 Å². The second-order valence-electron chi connectivity index (χ2n) is 2.99. The summed E-state index contributed by atoms with van der Waals surface area (Å²) >= 11 is 0. The molecule has 3 nitrogen and oxygen atoms in total. The van der Waals surface area contributed by atoms with Gasteiger partial charge in [0, 0.05) is 5.41 Å². The third-order valence-electron chi connectivity index (χ3n) is 2.45. The van der Waals surface area contributed by atoms with Crippen molar-refractivity contribution in [3.05, 3.63) is 0 Å². The molecule has 4 N–H and O–H groups in total. The van der Waals surface area contributed by atoms with Crippen molar-refractivity contribution in [2.45, 2.75) is 39.5 Å². The molecular formula is C7H17NO2. The van der Waals surface area contributed by atoms with Crippen molar-refractivity contribution in [1.29, 1.82) is 0 Å². The minimum Gasteiger partial charge on any atom is -0.353 e. The van der Waals surface area contributed by atoms with E-state index in [4.69, 9.17) is 15.9 Å². The highest BCUT2D eigenvalue weighted by atomic mass is 16.5. The van der Waals surface area contributed by atoms with Crippen LogP contribution in [-0.4, -0.2) is 16.1 Å². The average molecular weight is 147 g/mol. The zero-order valence-electron chi connectivity index (χ0n) is 6.89. The first kappa shape index (κ1) is 9.88. The van der Waals surface area contributed by atoms with E-state index in [1.165, 1.54) is 0 Å². The molecule has 0 aromatic heterocycles. The fourth-order valence-electron chi connectivity index (χ4n) is 0.770. The monoisotopic (exact) mass is 147 g/mol. The molecule has 0 atom stereocenters. The van der Waals surface area contributed by atoms with Gasteiger partial charge in [-0.05, 0) is 12.8 Å². The molecular weight excluding hydrogens is 130 g/mol. The molecule has 3 heteroatoms. The topological polar surface area (TPSA) is 66.5 Å². The van der Waals surface area contributed by atoms with E-state index in [0.717, 1.165) is 0 Å². The second-order valence-corrected chi connectivity index (χ2v) is 2.99. The molecule has 62 valence electrons. The largest absolute Gasteiger partial charge is 0.353 e. The van der Waals surface area contributed by atoms with Gasteiger partial charge in [0.1, 0.15) is 0 Å². The van der Waals surface area contributed by atoms with Crippen molar-refractivity contribution >= 4 is 0 Å². The Bertz CT molecular complexity index is 103. The molecule has 0 aliphatic rings. The van der Waals surface area contributed by atoms with Gasteiger partial charge in [-0.1, -0.05) is 20.8 Å². The summed E-state index contributed by atoms with van der Waals surface area (Å²) in [6.07, 6.45) is 1.32. The lowest BCUT2D eigenvalue weighted by Gasteiger charge is -2.36. The maximum atomic E-state index is 9.07. The normalized spacial score (nSPS) is 13.8. The van der Waals surface area contributed by atoms with E-state index in [1.807, 2.05) is 13.8 Å². The Balaban J connectivity index is 4.33. The number of hydrogen-bond donors (Lipinski definition) is 3. The quantitative estimate of drug-likeness (QED) is 0.506. The van der Waals surface area contributed by atoms with Crippen LogP contribution < -0.4 is 5.73 Å². The zero-order chi connectivity index (χ0) is 8.41. The first-order valence-corrected chi connectivity index (χ1v) is 3.61. The van der Waals surface area contributed by atoms with Gasteiger partial charge >= 0.3 is 0 Å². The standard InChI is InChI=1S/C7H17NO2/c1-4-6(3,5-2)7(8,9)10/h9-10H,4-5,8H2,1-3H3. The third-order valence-corrected chi connectivity index (χ3v) is 2.45. The highest BCUT2D eigenvalue weighted by Crippen LogP contribution is 2.32. The van der Waals surface area contributed by atoms with Gasteiger partial charge in [0.25, 0.3) is 0 Å². The summed E-state index contributed by atoms with van der Waals surface area (Å²) in [5.74, 6) is -2.05. The Hall–Kier alpha value is -0.120. The van der Waals surface area contributed by atoms with Crippen molar-refractivity contribution in [3.8, 4) is 0 Å². The van der Waals surface area contributed by atoms with Crippen molar-refractivity contribution in [2.24, 2.45) is 11.1 Å². The lowest BCUT2D eigenvalue weighted by Crippen LogP contribution is -2.53. The molecule has 0 spiro atoms. The van der Waals surface area contributed by atoms with Crippen LogP contribution in [0.25, 0.3) is 0 Å². The molecule has 0 rings (SSSR count). The Morgan fingerprint density at radius 1 is 1.20 bits per heavy atom. The molecule has 0 aliphatic carbocycles. The van der Waals surface area contributed by atoms with Crippen molar-refractivity contribution in [3.63, 3.8) is 0 Å². The van der Waals surface area contributed by atoms with E-state index in [9.17, 15) is 0 Å². The molecule has 0 fully saturated rings. The van der Waals surface area contributed by atoms with Crippen LogP contribution in [0.5, 0.6) is 0 Å². The average Bonchev–Trinajstić information content (AvgIpc) is 1.84. The smallest absolute Gasteiger partial charge is 0.225 e. The van der Waals surface area contributed by atoms with Crippen LogP contribution in [0.4, 0.5) is 0 Å². The summed E-state index contributed by atoms with van der Waals surface area (Å²) in [7, 11) is 0. The summed E-state index contributed by atoms with van der Waals surface area (Å²) < 4.78 is 0. The third kappa shape index (κ3) is 1.68. The summed E-state index contributed by atoms with van der Waals surface area (Å²) in [5.41, 5.74) is 4.56. The number of rotatable bonds is 3. The fourth-order valence-corrected chi connectivity index (χ4v) is 0.770. The fraction of sp³-hybridized carbons (Fsp3) is 1.00. The van der Waals surface area contributed by atoms with Crippen LogP contribution in [0.15, 0.2) is 0 Å². The number of aliphatic hydroxyl groups is 2. The van der Waals surface area contributed by atoms with E-state index in [1.54, 1.807) is 6.92 Å². The van der Waals surface area contributed by atoms with Gasteiger partial charge in [-0.15, -0.1) is 0 Å². The molecule has 0 aromatic rings. The number of hydrogen-bond acceptors (Lipinski definition) is 3. The maximum absolute atomic E-state index is 9.07.